The van der Waals surface area contributed by atoms with Crippen LogP contribution in [0.3, 0.4) is 0 Å². The highest BCUT2D eigenvalue weighted by Crippen LogP contribution is 2.23. The summed E-state index contributed by atoms with van der Waals surface area (Å²) in [6, 6.07) is 16.1. The van der Waals surface area contributed by atoms with Gasteiger partial charge in [0, 0.05) is 18.8 Å². The first-order chi connectivity index (χ1) is 8.83. The average Bonchev–Trinajstić information content (AvgIpc) is 2.45. The minimum absolute atomic E-state index is 0.581. The van der Waals surface area contributed by atoms with Crippen molar-refractivity contribution in [3.8, 4) is 5.75 Å². The second kappa shape index (κ2) is 5.92. The van der Waals surface area contributed by atoms with Gasteiger partial charge in [0.25, 0.3) is 0 Å². The molecular weight excluding hydrogens is 222 g/mol. The van der Waals surface area contributed by atoms with Crippen molar-refractivity contribution in [1.29, 1.82) is 0 Å². The zero-order chi connectivity index (χ0) is 12.8. The van der Waals surface area contributed by atoms with Crippen LogP contribution < -0.4 is 10.1 Å². The summed E-state index contributed by atoms with van der Waals surface area (Å²) in [6.07, 6.45) is 1.83. The largest absolute Gasteiger partial charge is 0.489 e. The Kier molecular flexibility index (Phi) is 4.02. The third-order valence-electron chi connectivity index (χ3n) is 2.76. The fourth-order valence-corrected chi connectivity index (χ4v) is 1.76. The van der Waals surface area contributed by atoms with Crippen molar-refractivity contribution < 1.29 is 4.74 Å². The van der Waals surface area contributed by atoms with Crippen LogP contribution in [-0.2, 0) is 6.61 Å². The van der Waals surface area contributed by atoms with Crippen LogP contribution in [0, 0.1) is 0 Å². The van der Waals surface area contributed by atoms with E-state index in [1.54, 1.807) is 0 Å². The van der Waals surface area contributed by atoms with Crippen LogP contribution in [0.4, 0.5) is 5.69 Å². The zero-order valence-electron chi connectivity index (χ0n) is 10.5. The van der Waals surface area contributed by atoms with Crippen LogP contribution in [0.2, 0.25) is 0 Å². The molecule has 2 heteroatoms. The Balaban J connectivity index is 2.08. The van der Waals surface area contributed by atoms with E-state index in [1.165, 1.54) is 0 Å². The van der Waals surface area contributed by atoms with Crippen LogP contribution in [0.25, 0.3) is 6.08 Å². The maximum atomic E-state index is 5.76. The van der Waals surface area contributed by atoms with E-state index in [1.807, 2.05) is 49.5 Å². The Morgan fingerprint density at radius 1 is 1.17 bits per heavy atom. The van der Waals surface area contributed by atoms with Crippen molar-refractivity contribution in [3.05, 3.63) is 66.2 Å². The highest BCUT2D eigenvalue weighted by molar-refractivity contribution is 5.67. The molecule has 0 aliphatic carbocycles. The third-order valence-corrected chi connectivity index (χ3v) is 2.76. The van der Waals surface area contributed by atoms with Gasteiger partial charge in [0.05, 0.1) is 0 Å². The van der Waals surface area contributed by atoms with Gasteiger partial charge in [-0.05, 0) is 23.3 Å². The van der Waals surface area contributed by atoms with E-state index in [9.17, 15) is 0 Å². The smallest absolute Gasteiger partial charge is 0.121 e. The molecule has 0 heterocycles. The Hall–Kier alpha value is -2.22. The van der Waals surface area contributed by atoms with Gasteiger partial charge in [-0.15, -0.1) is 0 Å². The molecular formula is C16H17NO. The maximum absolute atomic E-state index is 5.76. The van der Waals surface area contributed by atoms with Crippen molar-refractivity contribution in [2.24, 2.45) is 0 Å². The summed E-state index contributed by atoms with van der Waals surface area (Å²) in [5.74, 6) is 0.855. The van der Waals surface area contributed by atoms with Gasteiger partial charge in [0.15, 0.2) is 0 Å². The predicted molar refractivity (Wildman–Crippen MR) is 76.9 cm³/mol. The molecule has 0 atom stereocenters. The Morgan fingerprint density at radius 3 is 2.61 bits per heavy atom. The molecule has 1 N–H and O–H groups in total. The molecule has 0 unspecified atom stereocenters. The lowest BCUT2D eigenvalue weighted by atomic mass is 10.1. The summed E-state index contributed by atoms with van der Waals surface area (Å²) in [6.45, 7) is 4.36. The number of rotatable bonds is 5. The number of nitrogens with one attached hydrogen (secondary N) is 1. The summed E-state index contributed by atoms with van der Waals surface area (Å²) in [5.41, 5.74) is 3.26. The highest BCUT2D eigenvalue weighted by Gasteiger charge is 2.01. The molecule has 0 bridgehead atoms. The number of hydrogen-bond donors (Lipinski definition) is 1. The molecule has 0 saturated carbocycles. The van der Waals surface area contributed by atoms with Gasteiger partial charge >= 0.3 is 0 Å². The van der Waals surface area contributed by atoms with Crippen molar-refractivity contribution in [1.82, 2.24) is 0 Å². The van der Waals surface area contributed by atoms with E-state index in [-0.39, 0.29) is 0 Å². The number of benzene rings is 2. The summed E-state index contributed by atoms with van der Waals surface area (Å²) in [5, 5.41) is 3.13. The van der Waals surface area contributed by atoms with Gasteiger partial charge in [-0.2, -0.15) is 0 Å². The molecule has 0 saturated heterocycles. The number of hydrogen-bond acceptors (Lipinski definition) is 2. The van der Waals surface area contributed by atoms with Crippen molar-refractivity contribution in [3.63, 3.8) is 0 Å². The summed E-state index contributed by atoms with van der Waals surface area (Å²) in [4.78, 5) is 0. The topological polar surface area (TPSA) is 21.3 Å². The van der Waals surface area contributed by atoms with Gasteiger partial charge in [0.1, 0.15) is 12.4 Å². The first kappa shape index (κ1) is 12.2. The highest BCUT2D eigenvalue weighted by atomic mass is 16.5. The van der Waals surface area contributed by atoms with Crippen LogP contribution in [0.5, 0.6) is 5.75 Å². The first-order valence-corrected chi connectivity index (χ1v) is 5.94. The lowest BCUT2D eigenvalue weighted by Gasteiger charge is -2.10. The Labute approximate surface area is 108 Å². The normalized spacial score (nSPS) is 9.83. The summed E-state index contributed by atoms with van der Waals surface area (Å²) >= 11 is 0. The maximum Gasteiger partial charge on any atom is 0.121 e. The molecule has 0 fully saturated rings. The molecule has 2 aromatic carbocycles. The number of anilines is 1. The van der Waals surface area contributed by atoms with Crippen molar-refractivity contribution in [2.75, 3.05) is 12.4 Å². The van der Waals surface area contributed by atoms with Crippen LogP contribution in [-0.4, -0.2) is 7.05 Å². The van der Waals surface area contributed by atoms with Crippen molar-refractivity contribution in [2.45, 2.75) is 6.61 Å². The monoisotopic (exact) mass is 239 g/mol. The summed E-state index contributed by atoms with van der Waals surface area (Å²) < 4.78 is 5.76. The fourth-order valence-electron chi connectivity index (χ4n) is 1.76. The molecule has 0 amide bonds. The van der Waals surface area contributed by atoms with E-state index in [4.69, 9.17) is 4.74 Å². The Bertz CT molecular complexity index is 520. The second-order valence-corrected chi connectivity index (χ2v) is 3.98. The molecule has 92 valence electrons. The van der Waals surface area contributed by atoms with E-state index >= 15 is 0 Å². The minimum Gasteiger partial charge on any atom is -0.489 e. The lowest BCUT2D eigenvalue weighted by molar-refractivity contribution is 0.306. The van der Waals surface area contributed by atoms with Gasteiger partial charge in [-0.3, -0.25) is 0 Å². The van der Waals surface area contributed by atoms with Crippen LogP contribution in [0.15, 0.2) is 55.1 Å². The van der Waals surface area contributed by atoms with E-state index in [0.29, 0.717) is 6.61 Å². The predicted octanol–water partition coefficient (Wildman–Crippen LogP) is 3.95. The lowest BCUT2D eigenvalue weighted by Crippen LogP contribution is -1.97. The second-order valence-electron chi connectivity index (χ2n) is 3.98. The molecule has 0 radical (unpaired) electrons. The van der Waals surface area contributed by atoms with Gasteiger partial charge in [-0.25, -0.2) is 0 Å². The average molecular weight is 239 g/mol. The standard InChI is InChI=1S/C16H17NO/c1-3-14-9-10-15(11-16(14)17-2)18-12-13-7-5-4-6-8-13/h3-11,17H,1,12H2,2H3. The molecule has 0 spiro atoms. The molecule has 2 aromatic rings. The van der Waals surface area contributed by atoms with E-state index in [2.05, 4.69) is 24.0 Å². The molecule has 0 aliphatic rings. The molecule has 0 aromatic heterocycles. The minimum atomic E-state index is 0.581. The SMILES string of the molecule is C=Cc1ccc(OCc2ccccc2)cc1NC. The first-order valence-electron chi connectivity index (χ1n) is 5.94. The molecule has 18 heavy (non-hydrogen) atoms. The van der Waals surface area contributed by atoms with E-state index < -0.39 is 0 Å². The van der Waals surface area contributed by atoms with Gasteiger partial charge in [-0.1, -0.05) is 43.0 Å². The molecule has 0 aliphatic heterocycles. The molecule has 2 nitrogen and oxygen atoms in total. The summed E-state index contributed by atoms with van der Waals surface area (Å²) in [7, 11) is 1.89. The van der Waals surface area contributed by atoms with Gasteiger partial charge < -0.3 is 10.1 Å². The quantitative estimate of drug-likeness (QED) is 0.853. The molecule has 2 rings (SSSR count). The van der Waals surface area contributed by atoms with Crippen LogP contribution in [0.1, 0.15) is 11.1 Å². The number of ether oxygens (including phenoxy) is 1. The fraction of sp³-hybridized carbons (Fsp3) is 0.125. The van der Waals surface area contributed by atoms with Gasteiger partial charge in [0.2, 0.25) is 0 Å². The third kappa shape index (κ3) is 2.92. The Morgan fingerprint density at radius 2 is 1.94 bits per heavy atom. The zero-order valence-corrected chi connectivity index (χ0v) is 10.5. The van der Waals surface area contributed by atoms with Crippen LogP contribution >= 0.6 is 0 Å². The van der Waals surface area contributed by atoms with Crippen molar-refractivity contribution >= 4 is 11.8 Å². The van der Waals surface area contributed by atoms with E-state index in [0.717, 1.165) is 22.6 Å².